The first-order valence-corrected chi connectivity index (χ1v) is 8.65. The summed E-state index contributed by atoms with van der Waals surface area (Å²) in [5, 5.41) is 3.65. The number of aromatic nitrogens is 2. The summed E-state index contributed by atoms with van der Waals surface area (Å²) in [6, 6.07) is 6.68. The molecule has 2 atom stereocenters. The van der Waals surface area contributed by atoms with Gasteiger partial charge in [-0.3, -0.25) is 9.48 Å². The van der Waals surface area contributed by atoms with Crippen molar-refractivity contribution in [1.82, 2.24) is 9.78 Å². The maximum atomic E-state index is 13.1. The third-order valence-electron chi connectivity index (χ3n) is 4.51. The topological polar surface area (TPSA) is 38.1 Å². The summed E-state index contributed by atoms with van der Waals surface area (Å²) in [6.07, 6.45) is -3.85. The van der Waals surface area contributed by atoms with Gasteiger partial charge in [-0.15, -0.1) is 0 Å². The standard InChI is InChI=1S/C17H17BrF3N3O/c1-9-8-12-6-4-5-7-13(12)23(9)16(25)11(3)24-10(2)14(18)15(22-24)17(19,20)21/h4-7,9,11H,8H2,1-3H3. The number of alkyl halides is 3. The van der Waals surface area contributed by atoms with E-state index in [0.29, 0.717) is 0 Å². The van der Waals surface area contributed by atoms with Crippen LogP contribution in [0.25, 0.3) is 0 Å². The Morgan fingerprint density at radius 1 is 1.36 bits per heavy atom. The Hall–Kier alpha value is -1.83. The molecule has 4 nitrogen and oxygen atoms in total. The van der Waals surface area contributed by atoms with Crippen LogP contribution in [0.4, 0.5) is 18.9 Å². The predicted molar refractivity (Wildman–Crippen MR) is 91.5 cm³/mol. The zero-order chi connectivity index (χ0) is 18.5. The van der Waals surface area contributed by atoms with Gasteiger partial charge in [0.05, 0.1) is 10.2 Å². The van der Waals surface area contributed by atoms with E-state index in [2.05, 4.69) is 21.0 Å². The van der Waals surface area contributed by atoms with Crippen molar-refractivity contribution in [3.8, 4) is 0 Å². The van der Waals surface area contributed by atoms with Crippen LogP contribution in [0, 0.1) is 6.92 Å². The minimum atomic E-state index is -4.58. The van der Waals surface area contributed by atoms with Crippen LogP contribution in [-0.2, 0) is 17.4 Å². The van der Waals surface area contributed by atoms with Gasteiger partial charge in [-0.25, -0.2) is 0 Å². The second kappa shape index (κ2) is 6.16. The third-order valence-corrected chi connectivity index (χ3v) is 5.46. The fourth-order valence-corrected chi connectivity index (χ4v) is 3.75. The Morgan fingerprint density at radius 2 is 2.00 bits per heavy atom. The van der Waals surface area contributed by atoms with Crippen LogP contribution in [0.2, 0.25) is 0 Å². The normalized spacial score (nSPS) is 18.4. The predicted octanol–water partition coefficient (Wildman–Crippen LogP) is 4.51. The maximum absolute atomic E-state index is 13.1. The molecule has 25 heavy (non-hydrogen) atoms. The Kier molecular flexibility index (Phi) is 4.43. The molecule has 0 fully saturated rings. The van der Waals surface area contributed by atoms with Crippen LogP contribution < -0.4 is 4.90 Å². The smallest absolute Gasteiger partial charge is 0.307 e. The highest BCUT2D eigenvalue weighted by Gasteiger charge is 2.40. The van der Waals surface area contributed by atoms with Crippen LogP contribution in [-0.4, -0.2) is 21.7 Å². The molecule has 0 saturated heterocycles. The van der Waals surface area contributed by atoms with Gasteiger partial charge in [0.2, 0.25) is 0 Å². The number of rotatable bonds is 2. The number of fused-ring (bicyclic) bond motifs is 1. The van der Waals surface area contributed by atoms with Crippen molar-refractivity contribution in [2.75, 3.05) is 4.90 Å². The molecule has 3 rings (SSSR count). The monoisotopic (exact) mass is 415 g/mol. The summed E-state index contributed by atoms with van der Waals surface area (Å²) in [5.41, 5.74) is 1.13. The van der Waals surface area contributed by atoms with Crippen molar-refractivity contribution in [3.63, 3.8) is 0 Å². The molecule has 1 aromatic heterocycles. The summed E-state index contributed by atoms with van der Waals surface area (Å²) in [7, 11) is 0. The molecule has 0 bridgehead atoms. The van der Waals surface area contributed by atoms with E-state index >= 15 is 0 Å². The van der Waals surface area contributed by atoms with Gasteiger partial charge < -0.3 is 4.90 Å². The van der Waals surface area contributed by atoms with E-state index in [1.807, 2.05) is 31.2 Å². The average Bonchev–Trinajstić information content (AvgIpc) is 3.02. The third kappa shape index (κ3) is 2.96. The quantitative estimate of drug-likeness (QED) is 0.723. The molecule has 1 amide bonds. The van der Waals surface area contributed by atoms with Crippen LogP contribution in [0.1, 0.15) is 36.8 Å². The number of halogens is 4. The molecular weight excluding hydrogens is 399 g/mol. The summed E-state index contributed by atoms with van der Waals surface area (Å²) >= 11 is 2.95. The van der Waals surface area contributed by atoms with E-state index in [9.17, 15) is 18.0 Å². The number of para-hydroxylation sites is 1. The van der Waals surface area contributed by atoms with Crippen LogP contribution in [0.5, 0.6) is 0 Å². The molecule has 0 radical (unpaired) electrons. The molecule has 0 N–H and O–H groups in total. The molecule has 0 aliphatic carbocycles. The van der Waals surface area contributed by atoms with Gasteiger partial charge in [0.25, 0.3) is 5.91 Å². The Bertz CT molecular complexity index is 831. The Morgan fingerprint density at radius 3 is 2.60 bits per heavy atom. The first-order chi connectivity index (χ1) is 11.6. The second-order valence-electron chi connectivity index (χ2n) is 6.26. The molecule has 1 aliphatic heterocycles. The van der Waals surface area contributed by atoms with Gasteiger partial charge in [-0.05, 0) is 54.8 Å². The van der Waals surface area contributed by atoms with E-state index in [1.165, 1.54) is 6.92 Å². The number of carbonyl (C=O) groups is 1. The van der Waals surface area contributed by atoms with E-state index < -0.39 is 17.9 Å². The highest BCUT2D eigenvalue weighted by molar-refractivity contribution is 9.10. The first kappa shape index (κ1) is 18.0. The fraction of sp³-hybridized carbons (Fsp3) is 0.412. The minimum Gasteiger partial charge on any atom is -0.307 e. The van der Waals surface area contributed by atoms with Gasteiger partial charge in [0.15, 0.2) is 5.69 Å². The van der Waals surface area contributed by atoms with Gasteiger partial charge in [0, 0.05) is 11.7 Å². The molecule has 0 spiro atoms. The van der Waals surface area contributed by atoms with Gasteiger partial charge in [-0.2, -0.15) is 18.3 Å². The zero-order valence-electron chi connectivity index (χ0n) is 13.9. The highest BCUT2D eigenvalue weighted by Crippen LogP contribution is 2.38. The number of benzene rings is 1. The van der Waals surface area contributed by atoms with E-state index in [4.69, 9.17) is 0 Å². The number of nitrogens with zero attached hydrogens (tertiary/aromatic N) is 3. The minimum absolute atomic E-state index is 0.0475. The van der Waals surface area contributed by atoms with Crippen molar-refractivity contribution >= 4 is 27.5 Å². The van der Waals surface area contributed by atoms with E-state index in [0.717, 1.165) is 22.4 Å². The Labute approximate surface area is 151 Å². The van der Waals surface area contributed by atoms with Crippen molar-refractivity contribution < 1.29 is 18.0 Å². The molecule has 2 unspecified atom stereocenters. The first-order valence-electron chi connectivity index (χ1n) is 7.85. The molecule has 0 saturated carbocycles. The molecule has 1 aromatic carbocycles. The molecule has 8 heteroatoms. The summed E-state index contributed by atoms with van der Waals surface area (Å²) in [6.45, 7) is 5.01. The summed E-state index contributed by atoms with van der Waals surface area (Å²) < 4.78 is 40.2. The lowest BCUT2D eigenvalue weighted by atomic mass is 10.1. The molecule has 2 heterocycles. The SMILES string of the molecule is Cc1c(Br)c(C(F)(F)F)nn1C(C)C(=O)N1c2ccccc2CC1C. The number of hydrogen-bond acceptors (Lipinski definition) is 2. The highest BCUT2D eigenvalue weighted by atomic mass is 79.9. The average molecular weight is 416 g/mol. The lowest BCUT2D eigenvalue weighted by Crippen LogP contribution is -2.40. The zero-order valence-corrected chi connectivity index (χ0v) is 15.5. The molecule has 134 valence electrons. The molecular formula is C17H17BrF3N3O. The largest absolute Gasteiger partial charge is 0.436 e. The van der Waals surface area contributed by atoms with Crippen LogP contribution in [0.15, 0.2) is 28.7 Å². The van der Waals surface area contributed by atoms with Gasteiger partial charge in [-0.1, -0.05) is 18.2 Å². The van der Waals surface area contributed by atoms with Crippen molar-refractivity contribution in [1.29, 1.82) is 0 Å². The Balaban J connectivity index is 1.97. The van der Waals surface area contributed by atoms with Crippen molar-refractivity contribution in [2.24, 2.45) is 0 Å². The number of anilines is 1. The van der Waals surface area contributed by atoms with E-state index in [1.54, 1.807) is 11.8 Å². The van der Waals surface area contributed by atoms with Gasteiger partial charge in [0.1, 0.15) is 6.04 Å². The van der Waals surface area contributed by atoms with Crippen LogP contribution >= 0.6 is 15.9 Å². The fourth-order valence-electron chi connectivity index (χ4n) is 3.26. The lowest BCUT2D eigenvalue weighted by Gasteiger charge is -2.26. The van der Waals surface area contributed by atoms with Crippen molar-refractivity contribution in [2.45, 2.75) is 45.5 Å². The van der Waals surface area contributed by atoms with E-state index in [-0.39, 0.29) is 22.1 Å². The maximum Gasteiger partial charge on any atom is 0.436 e. The lowest BCUT2D eigenvalue weighted by molar-refractivity contribution is -0.142. The number of amides is 1. The second-order valence-corrected chi connectivity index (χ2v) is 7.05. The summed E-state index contributed by atoms with van der Waals surface area (Å²) in [5.74, 6) is -0.274. The number of hydrogen-bond donors (Lipinski definition) is 0. The van der Waals surface area contributed by atoms with Gasteiger partial charge >= 0.3 is 6.18 Å². The number of carbonyl (C=O) groups excluding carboxylic acids is 1. The molecule has 1 aliphatic rings. The van der Waals surface area contributed by atoms with Crippen molar-refractivity contribution in [3.05, 3.63) is 45.7 Å². The molecule has 2 aromatic rings. The summed E-state index contributed by atoms with van der Waals surface area (Å²) in [4.78, 5) is 14.7. The van der Waals surface area contributed by atoms with Crippen LogP contribution in [0.3, 0.4) is 0 Å².